The smallest absolute Gasteiger partial charge is 0.249 e. The van der Waals surface area contributed by atoms with Gasteiger partial charge in [0.2, 0.25) is 11.9 Å². The minimum Gasteiger partial charge on any atom is -0.370 e. The summed E-state index contributed by atoms with van der Waals surface area (Å²) < 4.78 is 16.2. The molecule has 0 radical (unpaired) electrons. The maximum atomic E-state index is 14.4. The molecule has 0 atom stereocenters. The molecule has 174 valence electrons. The molecule has 0 aliphatic carbocycles. The number of fused-ring (bicyclic) bond motifs is 2. The van der Waals surface area contributed by atoms with Gasteiger partial charge < -0.3 is 16.0 Å². The van der Waals surface area contributed by atoms with Crippen LogP contribution in [0.5, 0.6) is 0 Å². The molecule has 0 saturated carbocycles. The third kappa shape index (κ3) is 3.96. The second-order valence-corrected chi connectivity index (χ2v) is 8.76. The molecule has 1 amide bonds. The average Bonchev–Trinajstić information content (AvgIpc) is 3.02. The second kappa shape index (κ2) is 8.78. The zero-order chi connectivity index (χ0) is 23.8. The van der Waals surface area contributed by atoms with Gasteiger partial charge in [-0.1, -0.05) is 30.3 Å². The zero-order valence-electron chi connectivity index (χ0n) is 19.3. The Kier molecular flexibility index (Phi) is 5.65. The fraction of sp³-hybridized carbons (Fsp3) is 0.269. The van der Waals surface area contributed by atoms with Gasteiger partial charge in [-0.15, -0.1) is 0 Å². The first-order chi connectivity index (χ1) is 16.4. The largest absolute Gasteiger partial charge is 0.370 e. The van der Waals surface area contributed by atoms with Crippen molar-refractivity contribution in [2.24, 2.45) is 5.73 Å². The number of rotatable bonds is 5. The van der Waals surface area contributed by atoms with Crippen molar-refractivity contribution in [2.75, 3.05) is 23.8 Å². The first kappa shape index (κ1) is 21.9. The van der Waals surface area contributed by atoms with Gasteiger partial charge in [0.1, 0.15) is 11.5 Å². The number of hydrogen-bond acceptors (Lipinski definition) is 5. The fourth-order valence-corrected chi connectivity index (χ4v) is 4.69. The number of carbonyl (C=O) groups is 1. The van der Waals surface area contributed by atoms with Crippen molar-refractivity contribution in [1.29, 1.82) is 0 Å². The summed E-state index contributed by atoms with van der Waals surface area (Å²) in [6.45, 7) is 3.43. The number of aryl methyl sites for hydroxylation is 2. The van der Waals surface area contributed by atoms with Crippen LogP contribution in [-0.4, -0.2) is 34.0 Å². The predicted molar refractivity (Wildman–Crippen MR) is 132 cm³/mol. The summed E-state index contributed by atoms with van der Waals surface area (Å²) in [7, 11) is 2.06. The summed E-state index contributed by atoms with van der Waals surface area (Å²) in [4.78, 5) is 24.0. The molecule has 0 fully saturated rings. The number of nitrogens with one attached hydrogen (secondary N) is 1. The number of benzene rings is 2. The SMILES string of the molecule is Cc1cc2c(C(N)=O)cc(F)cc2n1-c1nc2c(c(NCc3ccccc3)n1)N(C)CCCC2. The number of nitrogens with two attached hydrogens (primary N) is 1. The van der Waals surface area contributed by atoms with Crippen LogP contribution in [0.4, 0.5) is 15.9 Å². The number of primary amides is 1. The van der Waals surface area contributed by atoms with Crippen molar-refractivity contribution in [3.05, 3.63) is 76.9 Å². The van der Waals surface area contributed by atoms with E-state index >= 15 is 0 Å². The molecule has 8 heteroatoms. The van der Waals surface area contributed by atoms with Crippen LogP contribution in [0.3, 0.4) is 0 Å². The normalized spacial score (nSPS) is 13.6. The van der Waals surface area contributed by atoms with Crippen molar-refractivity contribution >= 4 is 28.3 Å². The van der Waals surface area contributed by atoms with Gasteiger partial charge in [-0.05, 0) is 49.9 Å². The standard InChI is InChI=1S/C26H27FN6O/c1-16-12-19-20(24(28)34)13-18(27)14-22(19)33(16)26-30-21-10-6-7-11-32(2)23(21)25(31-26)29-15-17-8-4-3-5-9-17/h3-5,8-9,12-14H,6-7,10-11,15H2,1-2H3,(H2,28,34)(H,29,30,31). The Bertz CT molecular complexity index is 1380. The molecule has 2 aromatic carbocycles. The third-order valence-corrected chi connectivity index (χ3v) is 6.32. The van der Waals surface area contributed by atoms with Crippen molar-refractivity contribution in [1.82, 2.24) is 14.5 Å². The molecule has 34 heavy (non-hydrogen) atoms. The molecule has 3 heterocycles. The van der Waals surface area contributed by atoms with Crippen LogP contribution in [0.25, 0.3) is 16.9 Å². The monoisotopic (exact) mass is 458 g/mol. The number of hydrogen-bond donors (Lipinski definition) is 2. The van der Waals surface area contributed by atoms with E-state index in [0.717, 1.165) is 54.3 Å². The summed E-state index contributed by atoms with van der Waals surface area (Å²) in [6.07, 6.45) is 2.92. The van der Waals surface area contributed by atoms with Gasteiger partial charge in [0.15, 0.2) is 5.82 Å². The minimum absolute atomic E-state index is 0.147. The highest BCUT2D eigenvalue weighted by Gasteiger charge is 2.23. The van der Waals surface area contributed by atoms with Crippen LogP contribution in [0.1, 0.15) is 40.2 Å². The molecular formula is C26H27FN6O. The number of anilines is 2. The molecule has 0 spiro atoms. The van der Waals surface area contributed by atoms with Crippen molar-refractivity contribution in [3.8, 4) is 5.95 Å². The molecule has 7 nitrogen and oxygen atoms in total. The van der Waals surface area contributed by atoms with Gasteiger partial charge in [0, 0.05) is 31.2 Å². The number of amides is 1. The molecule has 2 aromatic heterocycles. The van der Waals surface area contributed by atoms with Crippen LogP contribution < -0.4 is 16.0 Å². The van der Waals surface area contributed by atoms with Crippen molar-refractivity contribution < 1.29 is 9.18 Å². The lowest BCUT2D eigenvalue weighted by atomic mass is 10.1. The summed E-state index contributed by atoms with van der Waals surface area (Å²) in [6, 6.07) is 14.5. The minimum atomic E-state index is -0.670. The lowest BCUT2D eigenvalue weighted by Gasteiger charge is -2.23. The Morgan fingerprint density at radius 2 is 1.94 bits per heavy atom. The first-order valence-electron chi connectivity index (χ1n) is 11.4. The number of nitrogens with zero attached hydrogens (tertiary/aromatic N) is 4. The van der Waals surface area contributed by atoms with E-state index in [1.54, 1.807) is 4.57 Å². The van der Waals surface area contributed by atoms with E-state index in [1.807, 2.05) is 31.2 Å². The summed E-state index contributed by atoms with van der Waals surface area (Å²) in [5, 5.41) is 4.09. The summed E-state index contributed by atoms with van der Waals surface area (Å²) >= 11 is 0. The highest BCUT2D eigenvalue weighted by molar-refractivity contribution is 6.06. The quantitative estimate of drug-likeness (QED) is 0.464. The molecule has 3 N–H and O–H groups in total. The Balaban J connectivity index is 1.68. The van der Waals surface area contributed by atoms with Crippen LogP contribution >= 0.6 is 0 Å². The highest BCUT2D eigenvalue weighted by Crippen LogP contribution is 2.34. The highest BCUT2D eigenvalue weighted by atomic mass is 19.1. The van der Waals surface area contributed by atoms with Gasteiger partial charge in [0.25, 0.3) is 0 Å². The summed E-state index contributed by atoms with van der Waals surface area (Å²) in [5.74, 6) is -0.0203. The summed E-state index contributed by atoms with van der Waals surface area (Å²) in [5.41, 5.74) is 10.1. The first-order valence-corrected chi connectivity index (χ1v) is 11.4. The lowest BCUT2D eigenvalue weighted by Crippen LogP contribution is -2.22. The van der Waals surface area contributed by atoms with Crippen LogP contribution in [0.15, 0.2) is 48.5 Å². The van der Waals surface area contributed by atoms with E-state index in [1.165, 1.54) is 12.1 Å². The van der Waals surface area contributed by atoms with Crippen molar-refractivity contribution in [2.45, 2.75) is 32.7 Å². The maximum Gasteiger partial charge on any atom is 0.249 e. The van der Waals surface area contributed by atoms with Gasteiger partial charge in [-0.3, -0.25) is 9.36 Å². The second-order valence-electron chi connectivity index (χ2n) is 8.76. The van der Waals surface area contributed by atoms with Gasteiger partial charge in [-0.2, -0.15) is 4.98 Å². The molecule has 0 saturated heterocycles. The lowest BCUT2D eigenvalue weighted by molar-refractivity contribution is 0.100. The Morgan fingerprint density at radius 1 is 1.15 bits per heavy atom. The topological polar surface area (TPSA) is 89.1 Å². The molecular weight excluding hydrogens is 431 g/mol. The molecule has 0 bridgehead atoms. The Hall–Kier alpha value is -3.94. The Labute approximate surface area is 197 Å². The van der Waals surface area contributed by atoms with Gasteiger partial charge >= 0.3 is 0 Å². The molecule has 1 aliphatic heterocycles. The van der Waals surface area contributed by atoms with Crippen molar-refractivity contribution in [3.63, 3.8) is 0 Å². The van der Waals surface area contributed by atoms with E-state index in [-0.39, 0.29) is 5.56 Å². The van der Waals surface area contributed by atoms with E-state index in [4.69, 9.17) is 15.7 Å². The fourth-order valence-electron chi connectivity index (χ4n) is 4.69. The molecule has 1 aliphatic rings. The zero-order valence-corrected chi connectivity index (χ0v) is 19.3. The Morgan fingerprint density at radius 3 is 2.71 bits per heavy atom. The van der Waals surface area contributed by atoms with Crippen LogP contribution in [0.2, 0.25) is 0 Å². The van der Waals surface area contributed by atoms with Crippen LogP contribution in [0, 0.1) is 12.7 Å². The van der Waals surface area contributed by atoms with Gasteiger partial charge in [0.05, 0.1) is 16.8 Å². The number of carbonyl (C=O) groups excluding carboxylic acids is 1. The average molecular weight is 459 g/mol. The number of aromatic nitrogens is 3. The van der Waals surface area contributed by atoms with Gasteiger partial charge in [-0.25, -0.2) is 9.37 Å². The van der Waals surface area contributed by atoms with E-state index in [2.05, 4.69) is 29.4 Å². The predicted octanol–water partition coefficient (Wildman–Crippen LogP) is 4.35. The van der Waals surface area contributed by atoms with E-state index in [0.29, 0.717) is 23.4 Å². The molecule has 0 unspecified atom stereocenters. The van der Waals surface area contributed by atoms with Crippen LogP contribution in [-0.2, 0) is 13.0 Å². The third-order valence-electron chi connectivity index (χ3n) is 6.32. The van der Waals surface area contributed by atoms with E-state index < -0.39 is 11.7 Å². The number of halogens is 1. The maximum absolute atomic E-state index is 14.4. The molecule has 4 aromatic rings. The molecule has 5 rings (SSSR count). The van der Waals surface area contributed by atoms with E-state index in [9.17, 15) is 9.18 Å².